The lowest BCUT2D eigenvalue weighted by Gasteiger charge is -2.24. The zero-order valence-electron chi connectivity index (χ0n) is 10.3. The van der Waals surface area contributed by atoms with Crippen molar-refractivity contribution in [2.45, 2.75) is 18.9 Å². The van der Waals surface area contributed by atoms with Crippen LogP contribution in [0.15, 0.2) is 24.4 Å². The molecule has 0 spiro atoms. The molecule has 2 aliphatic heterocycles. The molecule has 4 rings (SSSR count). The van der Waals surface area contributed by atoms with E-state index < -0.39 is 0 Å². The zero-order chi connectivity index (χ0) is 11.9. The minimum Gasteiger partial charge on any atom is -0.338 e. The van der Waals surface area contributed by atoms with Gasteiger partial charge in [0.1, 0.15) is 0 Å². The van der Waals surface area contributed by atoms with Crippen LogP contribution in [0.25, 0.3) is 5.65 Å². The number of aromatic nitrogens is 3. The van der Waals surface area contributed by atoms with Gasteiger partial charge in [0, 0.05) is 25.3 Å². The highest BCUT2D eigenvalue weighted by Crippen LogP contribution is 2.27. The van der Waals surface area contributed by atoms with Crippen LogP contribution in [0.2, 0.25) is 0 Å². The summed E-state index contributed by atoms with van der Waals surface area (Å²) in [7, 11) is 0. The Kier molecular flexibility index (Phi) is 2.26. The number of anilines is 1. The van der Waals surface area contributed by atoms with Crippen LogP contribution < -0.4 is 10.2 Å². The fourth-order valence-corrected chi connectivity index (χ4v) is 3.16. The van der Waals surface area contributed by atoms with Gasteiger partial charge in [-0.3, -0.25) is 0 Å². The highest BCUT2D eigenvalue weighted by molar-refractivity contribution is 5.45. The first-order valence-electron chi connectivity index (χ1n) is 6.70. The van der Waals surface area contributed by atoms with Crippen LogP contribution >= 0.6 is 0 Å². The molecule has 2 fully saturated rings. The van der Waals surface area contributed by atoms with Gasteiger partial charge in [-0.2, -0.15) is 4.98 Å². The van der Waals surface area contributed by atoms with Gasteiger partial charge in [0.2, 0.25) is 5.95 Å². The SMILES string of the molecule is c1ccn2nc(N3CC4CCCNC4C3)nc2c1. The van der Waals surface area contributed by atoms with Gasteiger partial charge < -0.3 is 10.2 Å². The van der Waals surface area contributed by atoms with Crippen molar-refractivity contribution in [1.29, 1.82) is 0 Å². The third-order valence-electron chi connectivity index (χ3n) is 4.11. The van der Waals surface area contributed by atoms with Crippen molar-refractivity contribution >= 4 is 11.6 Å². The summed E-state index contributed by atoms with van der Waals surface area (Å²) in [6, 6.07) is 6.61. The lowest BCUT2D eigenvalue weighted by molar-refractivity contribution is 0.340. The van der Waals surface area contributed by atoms with Crippen molar-refractivity contribution in [1.82, 2.24) is 19.9 Å². The number of hydrogen-bond acceptors (Lipinski definition) is 4. The van der Waals surface area contributed by atoms with Crippen LogP contribution in [0.5, 0.6) is 0 Å². The minimum atomic E-state index is 0.630. The molecule has 2 aromatic rings. The van der Waals surface area contributed by atoms with E-state index in [9.17, 15) is 0 Å². The maximum absolute atomic E-state index is 4.60. The van der Waals surface area contributed by atoms with Crippen molar-refractivity contribution in [2.24, 2.45) is 5.92 Å². The molecule has 1 N–H and O–H groups in total. The van der Waals surface area contributed by atoms with E-state index in [-0.39, 0.29) is 0 Å². The molecule has 5 heteroatoms. The lowest BCUT2D eigenvalue weighted by atomic mass is 9.94. The van der Waals surface area contributed by atoms with Crippen molar-refractivity contribution in [2.75, 3.05) is 24.5 Å². The second kappa shape index (κ2) is 3.95. The van der Waals surface area contributed by atoms with Crippen LogP contribution in [0.1, 0.15) is 12.8 Å². The predicted octanol–water partition coefficient (Wildman–Crippen LogP) is 0.917. The van der Waals surface area contributed by atoms with Crippen molar-refractivity contribution in [3.05, 3.63) is 24.4 Å². The Labute approximate surface area is 106 Å². The molecule has 0 aliphatic carbocycles. The first kappa shape index (κ1) is 10.3. The van der Waals surface area contributed by atoms with Gasteiger partial charge in [0.25, 0.3) is 0 Å². The van der Waals surface area contributed by atoms with Crippen LogP contribution in [0.4, 0.5) is 5.95 Å². The van der Waals surface area contributed by atoms with Crippen LogP contribution in [0, 0.1) is 5.92 Å². The van der Waals surface area contributed by atoms with Gasteiger partial charge in [-0.25, -0.2) is 4.52 Å². The van der Waals surface area contributed by atoms with E-state index in [1.54, 1.807) is 0 Å². The van der Waals surface area contributed by atoms with Gasteiger partial charge >= 0.3 is 0 Å². The maximum atomic E-state index is 4.60. The van der Waals surface area contributed by atoms with E-state index in [2.05, 4.69) is 20.3 Å². The molecule has 2 aliphatic rings. The lowest BCUT2D eigenvalue weighted by Crippen LogP contribution is -2.40. The number of fused-ring (bicyclic) bond motifs is 2. The van der Waals surface area contributed by atoms with Gasteiger partial charge in [-0.1, -0.05) is 6.07 Å². The van der Waals surface area contributed by atoms with Crippen molar-refractivity contribution < 1.29 is 0 Å². The summed E-state index contributed by atoms with van der Waals surface area (Å²) in [6.07, 6.45) is 4.59. The van der Waals surface area contributed by atoms with Crippen molar-refractivity contribution in [3.8, 4) is 0 Å². The molecule has 2 unspecified atom stereocenters. The van der Waals surface area contributed by atoms with Gasteiger partial charge in [0.05, 0.1) is 0 Å². The third kappa shape index (κ3) is 1.58. The van der Waals surface area contributed by atoms with Gasteiger partial charge in [0.15, 0.2) is 5.65 Å². The number of piperidine rings is 1. The van der Waals surface area contributed by atoms with E-state index in [1.165, 1.54) is 12.8 Å². The molecule has 0 amide bonds. The molecule has 5 nitrogen and oxygen atoms in total. The zero-order valence-corrected chi connectivity index (χ0v) is 10.3. The molecule has 0 bridgehead atoms. The molecule has 0 radical (unpaired) electrons. The maximum Gasteiger partial charge on any atom is 0.245 e. The summed E-state index contributed by atoms with van der Waals surface area (Å²) >= 11 is 0. The Morgan fingerprint density at radius 2 is 2.28 bits per heavy atom. The number of nitrogens with zero attached hydrogens (tertiary/aromatic N) is 4. The Hall–Kier alpha value is -1.62. The minimum absolute atomic E-state index is 0.630. The fourth-order valence-electron chi connectivity index (χ4n) is 3.16. The van der Waals surface area contributed by atoms with Crippen LogP contribution in [0.3, 0.4) is 0 Å². The first-order valence-corrected chi connectivity index (χ1v) is 6.70. The van der Waals surface area contributed by atoms with Gasteiger partial charge in [-0.15, -0.1) is 5.10 Å². The number of rotatable bonds is 1. The van der Waals surface area contributed by atoms with E-state index in [4.69, 9.17) is 0 Å². The van der Waals surface area contributed by atoms with Crippen LogP contribution in [-0.4, -0.2) is 40.3 Å². The van der Waals surface area contributed by atoms with E-state index >= 15 is 0 Å². The Balaban J connectivity index is 1.63. The summed E-state index contributed by atoms with van der Waals surface area (Å²) in [5, 5.41) is 8.17. The van der Waals surface area contributed by atoms with Crippen LogP contribution in [-0.2, 0) is 0 Å². The monoisotopic (exact) mass is 243 g/mol. The van der Waals surface area contributed by atoms with Gasteiger partial charge in [-0.05, 0) is 37.4 Å². The smallest absolute Gasteiger partial charge is 0.245 e. The fraction of sp³-hybridized carbons (Fsp3) is 0.538. The predicted molar refractivity (Wildman–Crippen MR) is 69.7 cm³/mol. The number of hydrogen-bond donors (Lipinski definition) is 1. The average Bonchev–Trinajstić information content (AvgIpc) is 3.02. The Morgan fingerprint density at radius 1 is 1.28 bits per heavy atom. The topological polar surface area (TPSA) is 45.5 Å². The molecule has 4 heterocycles. The molecule has 2 aromatic heterocycles. The highest BCUT2D eigenvalue weighted by atomic mass is 15.4. The molecule has 0 saturated carbocycles. The first-order chi connectivity index (χ1) is 8.90. The Morgan fingerprint density at radius 3 is 3.17 bits per heavy atom. The quantitative estimate of drug-likeness (QED) is 0.809. The van der Waals surface area contributed by atoms with E-state index in [0.717, 1.165) is 37.1 Å². The molecule has 0 aromatic carbocycles. The summed E-state index contributed by atoms with van der Waals surface area (Å²) in [5.74, 6) is 1.64. The second-order valence-corrected chi connectivity index (χ2v) is 5.28. The van der Waals surface area contributed by atoms with E-state index in [0.29, 0.717) is 6.04 Å². The largest absolute Gasteiger partial charge is 0.338 e. The molecular formula is C13H17N5. The summed E-state index contributed by atoms with van der Waals surface area (Å²) in [5.41, 5.74) is 0.926. The molecule has 2 atom stereocenters. The summed E-state index contributed by atoms with van der Waals surface area (Å²) in [4.78, 5) is 6.92. The summed E-state index contributed by atoms with van der Waals surface area (Å²) in [6.45, 7) is 3.30. The molecule has 18 heavy (non-hydrogen) atoms. The van der Waals surface area contributed by atoms with Crippen molar-refractivity contribution in [3.63, 3.8) is 0 Å². The number of pyridine rings is 1. The molecule has 2 saturated heterocycles. The standard InChI is InChI=1S/C13H17N5/c1-2-7-18-12(5-1)15-13(16-18)17-8-10-4-3-6-14-11(10)9-17/h1-2,5,7,10-11,14H,3-4,6,8-9H2. The van der Waals surface area contributed by atoms with E-state index in [1.807, 2.05) is 28.9 Å². The average molecular weight is 243 g/mol. The summed E-state index contributed by atoms with van der Waals surface area (Å²) < 4.78 is 1.85. The molecular weight excluding hydrogens is 226 g/mol. The highest BCUT2D eigenvalue weighted by Gasteiger charge is 2.35. The Bertz CT molecular complexity index is 516. The molecule has 94 valence electrons. The normalized spacial score (nSPS) is 27.7. The third-order valence-corrected chi connectivity index (χ3v) is 4.11. The number of nitrogens with one attached hydrogen (secondary N) is 1. The second-order valence-electron chi connectivity index (χ2n) is 5.28.